The smallest absolute Gasteiger partial charge is 0.255 e. The van der Waals surface area contributed by atoms with Crippen LogP contribution in [0.25, 0.3) is 0 Å². The lowest BCUT2D eigenvalue weighted by molar-refractivity contribution is -0.126. The van der Waals surface area contributed by atoms with Crippen LogP contribution in [0.5, 0.6) is 11.5 Å². The van der Waals surface area contributed by atoms with E-state index in [1.807, 2.05) is 36.4 Å². The molecule has 0 aliphatic carbocycles. The minimum Gasteiger partial charge on any atom is -0.454 e. The Kier molecular flexibility index (Phi) is 4.60. The number of nitrogens with one attached hydrogen (secondary N) is 1. The maximum absolute atomic E-state index is 13.1. The van der Waals surface area contributed by atoms with Crippen molar-refractivity contribution in [1.82, 2.24) is 10.2 Å². The van der Waals surface area contributed by atoms with Crippen LogP contribution in [-0.4, -0.2) is 42.8 Å². The van der Waals surface area contributed by atoms with Crippen molar-refractivity contribution >= 4 is 11.8 Å². The lowest BCUT2D eigenvalue weighted by Gasteiger charge is -2.25. The molecule has 0 unspecified atom stereocenters. The van der Waals surface area contributed by atoms with Crippen molar-refractivity contribution in [3.63, 3.8) is 0 Å². The summed E-state index contributed by atoms with van der Waals surface area (Å²) in [5, 5.41) is 2.98. The summed E-state index contributed by atoms with van der Waals surface area (Å²) in [5.74, 6) is 1.02. The standard InChI is InChI=1S/C22H22N2O5/c25-21(23-11-15-4-3-9-27-15)20-16-5-1-2-6-17(16)22(26)24(20)12-14-7-8-18-19(10-14)29-13-28-18/h1-2,5-8,10,15,20H,3-4,9,11-13H2,(H,23,25)/t15-,20-/m1/s1. The Hall–Kier alpha value is -3.06. The van der Waals surface area contributed by atoms with Crippen molar-refractivity contribution in [2.75, 3.05) is 19.9 Å². The number of amides is 2. The van der Waals surface area contributed by atoms with Gasteiger partial charge >= 0.3 is 0 Å². The molecule has 0 saturated carbocycles. The van der Waals surface area contributed by atoms with Crippen LogP contribution >= 0.6 is 0 Å². The summed E-state index contributed by atoms with van der Waals surface area (Å²) in [5.41, 5.74) is 2.20. The van der Waals surface area contributed by atoms with E-state index in [2.05, 4.69) is 5.32 Å². The first kappa shape index (κ1) is 18.0. The zero-order chi connectivity index (χ0) is 19.8. The van der Waals surface area contributed by atoms with Crippen molar-refractivity contribution in [1.29, 1.82) is 0 Å². The normalized spacial score (nSPS) is 22.1. The fraction of sp³-hybridized carbons (Fsp3) is 0.364. The Bertz CT molecular complexity index is 954. The van der Waals surface area contributed by atoms with Crippen LogP contribution in [0, 0.1) is 0 Å². The van der Waals surface area contributed by atoms with Gasteiger partial charge in [-0.1, -0.05) is 24.3 Å². The van der Waals surface area contributed by atoms with Crippen LogP contribution in [-0.2, 0) is 16.1 Å². The number of benzene rings is 2. The number of rotatable bonds is 5. The molecule has 0 spiro atoms. The van der Waals surface area contributed by atoms with Gasteiger partial charge in [0.15, 0.2) is 11.5 Å². The van der Waals surface area contributed by atoms with Gasteiger partial charge in [0.1, 0.15) is 6.04 Å². The molecule has 29 heavy (non-hydrogen) atoms. The van der Waals surface area contributed by atoms with Crippen LogP contribution in [0.15, 0.2) is 42.5 Å². The second-order valence-electron chi connectivity index (χ2n) is 7.49. The van der Waals surface area contributed by atoms with Crippen LogP contribution < -0.4 is 14.8 Å². The maximum atomic E-state index is 13.1. The van der Waals surface area contributed by atoms with Gasteiger partial charge in [-0.15, -0.1) is 0 Å². The highest BCUT2D eigenvalue weighted by Crippen LogP contribution is 2.37. The third-order valence-electron chi connectivity index (χ3n) is 5.62. The average Bonchev–Trinajstić information content (AvgIpc) is 3.47. The summed E-state index contributed by atoms with van der Waals surface area (Å²) in [4.78, 5) is 27.8. The molecular weight excluding hydrogens is 372 g/mol. The predicted molar refractivity (Wildman–Crippen MR) is 104 cm³/mol. The molecule has 0 aromatic heterocycles. The predicted octanol–water partition coefficient (Wildman–Crippen LogP) is 2.41. The van der Waals surface area contributed by atoms with Gasteiger partial charge in [-0.05, 0) is 42.2 Å². The van der Waals surface area contributed by atoms with Crippen LogP contribution in [0.4, 0.5) is 0 Å². The Morgan fingerprint density at radius 3 is 2.86 bits per heavy atom. The summed E-state index contributed by atoms with van der Waals surface area (Å²) in [6.07, 6.45) is 2.01. The number of hydrogen-bond acceptors (Lipinski definition) is 5. The van der Waals surface area contributed by atoms with E-state index in [-0.39, 0.29) is 24.7 Å². The molecule has 150 valence electrons. The number of carbonyl (C=O) groups is 2. The molecule has 0 bridgehead atoms. The van der Waals surface area contributed by atoms with Crippen molar-refractivity contribution in [3.8, 4) is 11.5 Å². The second-order valence-corrected chi connectivity index (χ2v) is 7.49. The van der Waals surface area contributed by atoms with E-state index in [1.165, 1.54) is 0 Å². The Morgan fingerprint density at radius 2 is 2.00 bits per heavy atom. The molecule has 0 radical (unpaired) electrons. The highest BCUT2D eigenvalue weighted by atomic mass is 16.7. The molecule has 3 aliphatic heterocycles. The third-order valence-corrected chi connectivity index (χ3v) is 5.62. The summed E-state index contributed by atoms with van der Waals surface area (Å²) in [7, 11) is 0. The fourth-order valence-electron chi connectivity index (χ4n) is 4.17. The van der Waals surface area contributed by atoms with Gasteiger partial charge in [-0.25, -0.2) is 0 Å². The molecule has 2 aromatic rings. The first-order chi connectivity index (χ1) is 14.2. The van der Waals surface area contributed by atoms with Crippen molar-refractivity contribution < 1.29 is 23.8 Å². The minimum absolute atomic E-state index is 0.0496. The van der Waals surface area contributed by atoms with Crippen LogP contribution in [0.2, 0.25) is 0 Å². The largest absolute Gasteiger partial charge is 0.454 e. The third kappa shape index (κ3) is 3.31. The molecule has 5 rings (SSSR count). The molecule has 2 amide bonds. The van der Waals surface area contributed by atoms with Gasteiger partial charge in [0.25, 0.3) is 5.91 Å². The second kappa shape index (κ2) is 7.40. The van der Waals surface area contributed by atoms with E-state index in [0.29, 0.717) is 30.2 Å². The van der Waals surface area contributed by atoms with Gasteiger partial charge in [-0.3, -0.25) is 9.59 Å². The average molecular weight is 394 g/mol. The molecule has 1 N–H and O–H groups in total. The van der Waals surface area contributed by atoms with Gasteiger partial charge in [0, 0.05) is 25.3 Å². The van der Waals surface area contributed by atoms with Gasteiger partial charge < -0.3 is 24.4 Å². The molecular formula is C22H22N2O5. The maximum Gasteiger partial charge on any atom is 0.255 e. The molecule has 3 aliphatic rings. The van der Waals surface area contributed by atoms with Crippen LogP contribution in [0.1, 0.15) is 40.4 Å². The lowest BCUT2D eigenvalue weighted by atomic mass is 10.0. The fourth-order valence-corrected chi connectivity index (χ4v) is 4.17. The molecule has 2 aromatic carbocycles. The Balaban J connectivity index is 1.39. The first-order valence-corrected chi connectivity index (χ1v) is 9.88. The van der Waals surface area contributed by atoms with Crippen molar-refractivity contribution in [2.24, 2.45) is 0 Å². The summed E-state index contributed by atoms with van der Waals surface area (Å²) in [6, 6.07) is 12.2. The molecule has 2 atom stereocenters. The molecule has 7 heteroatoms. The van der Waals surface area contributed by atoms with E-state index in [4.69, 9.17) is 14.2 Å². The minimum atomic E-state index is -0.662. The quantitative estimate of drug-likeness (QED) is 0.843. The highest BCUT2D eigenvalue weighted by Gasteiger charge is 2.41. The van der Waals surface area contributed by atoms with Gasteiger partial charge in [-0.2, -0.15) is 0 Å². The van der Waals surface area contributed by atoms with E-state index in [1.54, 1.807) is 11.0 Å². The number of hydrogen-bond donors (Lipinski definition) is 1. The SMILES string of the molecule is O=C(NC[C@H]1CCCO1)[C@H]1c2ccccc2C(=O)N1Cc1ccc2c(c1)OCO2. The summed E-state index contributed by atoms with van der Waals surface area (Å²) < 4.78 is 16.4. The molecule has 1 fully saturated rings. The van der Waals surface area contributed by atoms with E-state index in [0.717, 1.165) is 30.6 Å². The number of ether oxygens (including phenoxy) is 3. The zero-order valence-corrected chi connectivity index (χ0v) is 15.9. The van der Waals surface area contributed by atoms with E-state index >= 15 is 0 Å². The molecule has 3 heterocycles. The summed E-state index contributed by atoms with van der Waals surface area (Å²) in [6.45, 7) is 1.70. The van der Waals surface area contributed by atoms with E-state index in [9.17, 15) is 9.59 Å². The molecule has 7 nitrogen and oxygen atoms in total. The number of carbonyl (C=O) groups excluding carboxylic acids is 2. The van der Waals surface area contributed by atoms with Gasteiger partial charge in [0.05, 0.1) is 6.10 Å². The van der Waals surface area contributed by atoms with Crippen LogP contribution in [0.3, 0.4) is 0 Å². The highest BCUT2D eigenvalue weighted by molar-refractivity contribution is 6.04. The lowest BCUT2D eigenvalue weighted by Crippen LogP contribution is -2.41. The monoisotopic (exact) mass is 394 g/mol. The van der Waals surface area contributed by atoms with Gasteiger partial charge in [0.2, 0.25) is 12.7 Å². The van der Waals surface area contributed by atoms with Crippen molar-refractivity contribution in [3.05, 3.63) is 59.2 Å². The first-order valence-electron chi connectivity index (χ1n) is 9.88. The van der Waals surface area contributed by atoms with E-state index < -0.39 is 6.04 Å². The Labute approximate surface area is 168 Å². The topological polar surface area (TPSA) is 77.1 Å². The molecule has 1 saturated heterocycles. The zero-order valence-electron chi connectivity index (χ0n) is 15.9. The number of nitrogens with zero attached hydrogens (tertiary/aromatic N) is 1. The summed E-state index contributed by atoms with van der Waals surface area (Å²) >= 11 is 0. The Morgan fingerprint density at radius 1 is 1.14 bits per heavy atom. The van der Waals surface area contributed by atoms with Crippen molar-refractivity contribution in [2.45, 2.75) is 31.5 Å². The number of fused-ring (bicyclic) bond motifs is 2.